The number of nitrogens with zero attached hydrogens (tertiary/aromatic N) is 1. The molecule has 0 radical (unpaired) electrons. The average molecular weight is 583 g/mol. The molecule has 2 heterocycles. The molecule has 40 heavy (non-hydrogen) atoms. The van der Waals surface area contributed by atoms with E-state index in [2.05, 4.69) is 5.32 Å². The fourth-order valence-electron chi connectivity index (χ4n) is 5.56. The molecule has 218 valence electrons. The second kappa shape index (κ2) is 13.5. The van der Waals surface area contributed by atoms with Crippen molar-refractivity contribution in [1.29, 1.82) is 0 Å². The molecular weight excluding hydrogens is 549 g/mol. The van der Waals surface area contributed by atoms with Crippen LogP contribution in [-0.2, 0) is 29.2 Å². The van der Waals surface area contributed by atoms with E-state index in [1.807, 2.05) is 0 Å². The van der Waals surface area contributed by atoms with Crippen molar-refractivity contribution in [1.82, 2.24) is 5.32 Å². The number of benzene rings is 2. The maximum absolute atomic E-state index is 15.4. The Morgan fingerprint density at radius 2 is 1.73 bits per heavy atom. The summed E-state index contributed by atoms with van der Waals surface area (Å²) >= 11 is 1.06. The minimum Gasteiger partial charge on any atom is -0.375 e. The third-order valence-electron chi connectivity index (χ3n) is 7.42. The number of amidine groups is 1. The third-order valence-corrected chi connectivity index (χ3v) is 8.60. The van der Waals surface area contributed by atoms with Crippen LogP contribution >= 0.6 is 11.8 Å². The van der Waals surface area contributed by atoms with Gasteiger partial charge in [-0.1, -0.05) is 36.0 Å². The van der Waals surface area contributed by atoms with Gasteiger partial charge in [0.05, 0.1) is 18.6 Å². The average Bonchev–Trinajstić information content (AvgIpc) is 2.97. The van der Waals surface area contributed by atoms with Crippen LogP contribution in [0.4, 0.5) is 13.2 Å². The van der Waals surface area contributed by atoms with Crippen molar-refractivity contribution in [2.24, 2.45) is 16.8 Å². The summed E-state index contributed by atoms with van der Waals surface area (Å²) in [5.41, 5.74) is -1.03. The van der Waals surface area contributed by atoms with Crippen LogP contribution in [0.1, 0.15) is 22.3 Å². The number of alkyl halides is 1. The second-order valence-corrected chi connectivity index (χ2v) is 10.8. The number of fused-ring (bicyclic) bond motifs is 1. The number of carbonyl (C=O) groups is 1. The van der Waals surface area contributed by atoms with Gasteiger partial charge in [-0.2, -0.15) is 0 Å². The SMILES string of the molecule is COC(OC)C(C1CC2C(CF)SC(NC(=O)c3ccccc3)=NC2(c2ccc(F)cc2F)CO1)C(OC)OC. The summed E-state index contributed by atoms with van der Waals surface area (Å²) in [4.78, 5) is 17.7. The molecule has 0 aromatic heterocycles. The topological polar surface area (TPSA) is 87.6 Å². The highest BCUT2D eigenvalue weighted by atomic mass is 32.2. The van der Waals surface area contributed by atoms with E-state index in [-0.39, 0.29) is 23.8 Å². The van der Waals surface area contributed by atoms with E-state index in [0.29, 0.717) is 5.56 Å². The Morgan fingerprint density at radius 1 is 1.07 bits per heavy atom. The molecule has 2 aromatic carbocycles. The molecule has 1 fully saturated rings. The smallest absolute Gasteiger partial charge is 0.257 e. The molecule has 8 nitrogen and oxygen atoms in total. The Morgan fingerprint density at radius 3 is 2.30 bits per heavy atom. The second-order valence-electron chi connectivity index (χ2n) is 9.54. The first-order valence-electron chi connectivity index (χ1n) is 12.7. The quantitative estimate of drug-likeness (QED) is 0.419. The fourth-order valence-corrected chi connectivity index (χ4v) is 6.78. The van der Waals surface area contributed by atoms with Crippen molar-refractivity contribution >= 4 is 22.8 Å². The predicted molar refractivity (Wildman–Crippen MR) is 144 cm³/mol. The Hall–Kier alpha value is -2.48. The first-order chi connectivity index (χ1) is 19.3. The minimum atomic E-state index is -1.45. The molecule has 0 bridgehead atoms. The molecule has 0 spiro atoms. The number of rotatable bonds is 10. The van der Waals surface area contributed by atoms with Crippen LogP contribution in [0.5, 0.6) is 0 Å². The molecule has 4 rings (SSSR count). The Bertz CT molecular complexity index is 1170. The standard InChI is InChI=1S/C28H33F3N2O6S/c1-35-25(36-2)23(26(37-3)38-4)21-13-19-22(14-29)40-27(32-24(34)16-8-6-5-7-9-16)33-28(19,15-39-21)18-11-10-17(30)12-20(18)31/h5-12,19,21-23,25-26H,13-15H2,1-4H3,(H,32,33,34). The lowest BCUT2D eigenvalue weighted by Crippen LogP contribution is -2.58. The molecule has 0 saturated carbocycles. The van der Waals surface area contributed by atoms with Crippen LogP contribution in [-0.4, -0.2) is 76.7 Å². The van der Waals surface area contributed by atoms with Gasteiger partial charge < -0.3 is 29.0 Å². The van der Waals surface area contributed by atoms with E-state index in [9.17, 15) is 13.6 Å². The van der Waals surface area contributed by atoms with Gasteiger partial charge in [0, 0.05) is 56.8 Å². The first-order valence-corrected chi connectivity index (χ1v) is 13.6. The van der Waals surface area contributed by atoms with Gasteiger partial charge in [-0.3, -0.25) is 4.79 Å². The number of hydrogen-bond acceptors (Lipinski definition) is 8. The fraction of sp³-hybridized carbons (Fsp3) is 0.500. The number of thioether (sulfide) groups is 1. The number of ether oxygens (including phenoxy) is 5. The maximum Gasteiger partial charge on any atom is 0.257 e. The van der Waals surface area contributed by atoms with Crippen LogP contribution in [0, 0.1) is 23.5 Å². The molecule has 12 heteroatoms. The van der Waals surface area contributed by atoms with Crippen LogP contribution in [0.3, 0.4) is 0 Å². The summed E-state index contributed by atoms with van der Waals surface area (Å²) in [7, 11) is 5.88. The van der Waals surface area contributed by atoms with Gasteiger partial charge in [0.15, 0.2) is 17.7 Å². The van der Waals surface area contributed by atoms with E-state index in [1.54, 1.807) is 30.3 Å². The van der Waals surface area contributed by atoms with Gasteiger partial charge in [0.2, 0.25) is 0 Å². The van der Waals surface area contributed by atoms with Crippen molar-refractivity contribution in [2.45, 2.75) is 35.9 Å². The van der Waals surface area contributed by atoms with E-state index in [0.717, 1.165) is 23.9 Å². The van der Waals surface area contributed by atoms with E-state index in [1.165, 1.54) is 34.5 Å². The normalized spacial score (nSPS) is 24.8. The summed E-state index contributed by atoms with van der Waals surface area (Å²) in [6.07, 6.45) is -2.02. The van der Waals surface area contributed by atoms with Crippen LogP contribution in [0.25, 0.3) is 0 Å². The molecule has 2 aliphatic heterocycles. The molecular formula is C28H33F3N2O6S. The van der Waals surface area contributed by atoms with Crippen molar-refractivity contribution in [3.8, 4) is 0 Å². The maximum atomic E-state index is 15.4. The van der Waals surface area contributed by atoms with Gasteiger partial charge in [-0.05, 0) is 24.6 Å². The first kappa shape index (κ1) is 30.5. The molecule has 0 aliphatic carbocycles. The molecule has 1 saturated heterocycles. The number of hydrogen-bond donors (Lipinski definition) is 1. The van der Waals surface area contributed by atoms with Gasteiger partial charge >= 0.3 is 0 Å². The lowest BCUT2D eigenvalue weighted by molar-refractivity contribution is -0.260. The largest absolute Gasteiger partial charge is 0.375 e. The van der Waals surface area contributed by atoms with Crippen LogP contribution in [0.15, 0.2) is 53.5 Å². The monoisotopic (exact) mass is 582 g/mol. The molecule has 2 aromatic rings. The lowest BCUT2D eigenvalue weighted by atomic mass is 9.70. The molecule has 1 N–H and O–H groups in total. The van der Waals surface area contributed by atoms with Crippen LogP contribution in [0.2, 0.25) is 0 Å². The van der Waals surface area contributed by atoms with Gasteiger partial charge in [-0.15, -0.1) is 0 Å². The van der Waals surface area contributed by atoms with Crippen molar-refractivity contribution < 1.29 is 41.7 Å². The van der Waals surface area contributed by atoms with Crippen molar-refractivity contribution in [3.05, 3.63) is 71.3 Å². The third kappa shape index (κ3) is 6.07. The molecule has 2 aliphatic rings. The van der Waals surface area contributed by atoms with E-state index in [4.69, 9.17) is 28.7 Å². The number of carbonyl (C=O) groups excluding carboxylic acids is 1. The number of halogens is 3. The summed E-state index contributed by atoms with van der Waals surface area (Å²) in [5.74, 6) is -3.27. The summed E-state index contributed by atoms with van der Waals surface area (Å²) in [5, 5.41) is 2.12. The van der Waals surface area contributed by atoms with Gasteiger partial charge in [0.25, 0.3) is 5.91 Å². The highest BCUT2D eigenvalue weighted by molar-refractivity contribution is 8.14. The number of amides is 1. The molecule has 4 unspecified atom stereocenters. The Labute approximate surface area is 235 Å². The minimum absolute atomic E-state index is 0.0455. The van der Waals surface area contributed by atoms with E-state index >= 15 is 4.39 Å². The summed E-state index contributed by atoms with van der Waals surface area (Å²) in [6, 6.07) is 11.7. The molecule has 1 amide bonds. The Kier molecular flexibility index (Phi) is 10.3. The zero-order chi connectivity index (χ0) is 28.9. The molecule has 4 atom stereocenters. The van der Waals surface area contributed by atoms with Crippen molar-refractivity contribution in [3.63, 3.8) is 0 Å². The summed E-state index contributed by atoms with van der Waals surface area (Å²) in [6.45, 7) is -0.989. The van der Waals surface area contributed by atoms with E-state index < -0.39 is 65.5 Å². The highest BCUT2D eigenvalue weighted by Crippen LogP contribution is 2.51. The lowest BCUT2D eigenvalue weighted by Gasteiger charge is -2.51. The van der Waals surface area contributed by atoms with Gasteiger partial charge in [-0.25, -0.2) is 18.2 Å². The summed E-state index contributed by atoms with van der Waals surface area (Å²) < 4.78 is 72.5. The number of aliphatic imine (C=N–C) groups is 1. The highest BCUT2D eigenvalue weighted by Gasteiger charge is 2.56. The predicted octanol–water partition coefficient (Wildman–Crippen LogP) is 4.29. The van der Waals surface area contributed by atoms with Gasteiger partial charge in [0.1, 0.15) is 23.8 Å². The zero-order valence-electron chi connectivity index (χ0n) is 22.6. The Balaban J connectivity index is 1.77. The zero-order valence-corrected chi connectivity index (χ0v) is 23.5. The number of methoxy groups -OCH3 is 4. The number of nitrogens with one attached hydrogen (secondary N) is 1. The van der Waals surface area contributed by atoms with Crippen molar-refractivity contribution in [2.75, 3.05) is 41.7 Å². The van der Waals surface area contributed by atoms with Crippen LogP contribution < -0.4 is 5.32 Å².